The standard InChI is InChI=1S/C27H28BrN5O6S/c1-4-36-21-13-17(12-19(28)25(21)38-11-10-29)14-30-33-22(34)15-39-20-9-7-6-8-18(20)24-23(26(35)37-5-2)16(3)31-27(40)32-24/h6-9,12-14,24H,4-5,11,15H2,1-3H3,(H,33,34)(H2,31,32,40)/t24-/m1/s1. The second-order valence-electron chi connectivity index (χ2n) is 8.12. The SMILES string of the molecule is CCOC(=O)C1=C(C)NC(=S)N[C@@H]1c1ccccc1OCC(=O)NN=Cc1cc(Br)c(OCC#N)c(OCC)c1. The van der Waals surface area contributed by atoms with Gasteiger partial charge in [-0.05, 0) is 72.7 Å². The molecular formula is C27H28BrN5O6S. The molecule has 3 N–H and O–H groups in total. The lowest BCUT2D eigenvalue weighted by Gasteiger charge is -2.30. The molecule has 3 rings (SSSR count). The first-order valence-electron chi connectivity index (χ1n) is 12.2. The number of amides is 1. The number of hydrogen-bond acceptors (Lipinski definition) is 9. The lowest BCUT2D eigenvalue weighted by molar-refractivity contribution is -0.139. The van der Waals surface area contributed by atoms with E-state index in [0.29, 0.717) is 55.8 Å². The van der Waals surface area contributed by atoms with Gasteiger partial charge in [-0.3, -0.25) is 4.79 Å². The second kappa shape index (κ2) is 14.9. The van der Waals surface area contributed by atoms with Crippen LogP contribution >= 0.6 is 28.1 Å². The Bertz CT molecular complexity index is 1370. The number of ether oxygens (including phenoxy) is 4. The largest absolute Gasteiger partial charge is 0.490 e. The molecule has 40 heavy (non-hydrogen) atoms. The van der Waals surface area contributed by atoms with Crippen molar-refractivity contribution in [2.24, 2.45) is 5.10 Å². The molecule has 0 fully saturated rings. The number of carbonyl (C=O) groups excluding carboxylic acids is 2. The predicted octanol–water partition coefficient (Wildman–Crippen LogP) is 3.64. The Kier molecular flexibility index (Phi) is 11.3. The van der Waals surface area contributed by atoms with Gasteiger partial charge >= 0.3 is 5.97 Å². The van der Waals surface area contributed by atoms with Crippen molar-refractivity contribution < 1.29 is 28.5 Å². The average Bonchev–Trinajstić information content (AvgIpc) is 2.91. The van der Waals surface area contributed by atoms with E-state index in [1.54, 1.807) is 50.2 Å². The van der Waals surface area contributed by atoms with Crippen molar-refractivity contribution in [1.29, 1.82) is 5.26 Å². The Hall–Kier alpha value is -4.15. The van der Waals surface area contributed by atoms with E-state index in [4.69, 9.17) is 36.4 Å². The number of hydrogen-bond donors (Lipinski definition) is 3. The topological polar surface area (TPSA) is 143 Å². The number of nitrogens with zero attached hydrogens (tertiary/aromatic N) is 2. The zero-order valence-corrected chi connectivity index (χ0v) is 24.5. The summed E-state index contributed by atoms with van der Waals surface area (Å²) < 4.78 is 22.6. The Labute approximate surface area is 245 Å². The van der Waals surface area contributed by atoms with Gasteiger partial charge in [0.15, 0.2) is 29.8 Å². The molecule has 1 heterocycles. The van der Waals surface area contributed by atoms with E-state index in [-0.39, 0.29) is 19.8 Å². The molecular weight excluding hydrogens is 602 g/mol. The fraction of sp³-hybridized carbons (Fsp3) is 0.296. The molecule has 0 saturated heterocycles. The first kappa shape index (κ1) is 30.4. The minimum absolute atomic E-state index is 0.133. The molecule has 11 nitrogen and oxygen atoms in total. The summed E-state index contributed by atoms with van der Waals surface area (Å²) in [6.45, 7) is 5.43. The van der Waals surface area contributed by atoms with Crippen LogP contribution in [0.5, 0.6) is 17.2 Å². The molecule has 1 atom stereocenters. The average molecular weight is 631 g/mol. The van der Waals surface area contributed by atoms with E-state index < -0.39 is 17.9 Å². The van der Waals surface area contributed by atoms with Crippen LogP contribution in [0.4, 0.5) is 0 Å². The quantitative estimate of drug-likeness (QED) is 0.138. The molecule has 0 aliphatic carbocycles. The normalized spacial score (nSPS) is 14.6. The Morgan fingerprint density at radius 3 is 2.67 bits per heavy atom. The smallest absolute Gasteiger partial charge is 0.338 e. The third kappa shape index (κ3) is 7.93. The second-order valence-corrected chi connectivity index (χ2v) is 9.38. The summed E-state index contributed by atoms with van der Waals surface area (Å²) in [6, 6.07) is 11.7. The van der Waals surface area contributed by atoms with Crippen LogP contribution in [-0.4, -0.2) is 49.6 Å². The fourth-order valence-corrected chi connectivity index (χ4v) is 4.63. The maximum atomic E-state index is 12.7. The Morgan fingerprint density at radius 1 is 1.18 bits per heavy atom. The third-order valence-electron chi connectivity index (χ3n) is 5.37. The van der Waals surface area contributed by atoms with E-state index in [9.17, 15) is 9.59 Å². The van der Waals surface area contributed by atoms with Gasteiger partial charge in [0.1, 0.15) is 11.8 Å². The number of nitriles is 1. The van der Waals surface area contributed by atoms with Crippen molar-refractivity contribution in [3.05, 3.63) is 63.3 Å². The molecule has 1 aliphatic heterocycles. The molecule has 0 unspecified atom stereocenters. The molecule has 1 amide bonds. The number of thiocarbonyl (C=S) groups is 1. The zero-order valence-electron chi connectivity index (χ0n) is 22.1. The third-order valence-corrected chi connectivity index (χ3v) is 6.18. The lowest BCUT2D eigenvalue weighted by atomic mass is 9.95. The van der Waals surface area contributed by atoms with Gasteiger partial charge < -0.3 is 29.6 Å². The molecule has 210 valence electrons. The number of nitrogens with one attached hydrogen (secondary N) is 3. The zero-order chi connectivity index (χ0) is 29.1. The van der Waals surface area contributed by atoms with Gasteiger partial charge in [0.25, 0.3) is 5.91 Å². The highest BCUT2D eigenvalue weighted by Crippen LogP contribution is 2.37. The number of para-hydroxylation sites is 1. The highest BCUT2D eigenvalue weighted by molar-refractivity contribution is 9.10. The van der Waals surface area contributed by atoms with Crippen LogP contribution in [0.1, 0.15) is 37.9 Å². The first-order valence-corrected chi connectivity index (χ1v) is 13.4. The summed E-state index contributed by atoms with van der Waals surface area (Å²) in [4.78, 5) is 25.2. The minimum atomic E-state index is -0.636. The summed E-state index contributed by atoms with van der Waals surface area (Å²) in [5.41, 5.74) is 4.58. The molecule has 13 heteroatoms. The molecule has 0 spiro atoms. The monoisotopic (exact) mass is 629 g/mol. The molecule has 2 aromatic carbocycles. The molecule has 0 radical (unpaired) electrons. The van der Waals surface area contributed by atoms with E-state index in [0.717, 1.165) is 0 Å². The van der Waals surface area contributed by atoms with Crippen molar-refractivity contribution in [2.45, 2.75) is 26.8 Å². The van der Waals surface area contributed by atoms with Gasteiger partial charge in [0, 0.05) is 11.3 Å². The van der Waals surface area contributed by atoms with Crippen molar-refractivity contribution >= 4 is 51.4 Å². The maximum Gasteiger partial charge on any atom is 0.338 e. The van der Waals surface area contributed by atoms with Crippen LogP contribution in [0, 0.1) is 11.3 Å². The van der Waals surface area contributed by atoms with E-state index in [1.165, 1.54) is 6.21 Å². The fourth-order valence-electron chi connectivity index (χ4n) is 3.78. The molecule has 0 aromatic heterocycles. The maximum absolute atomic E-state index is 12.7. The number of halogens is 1. The van der Waals surface area contributed by atoms with Crippen LogP contribution in [0.2, 0.25) is 0 Å². The van der Waals surface area contributed by atoms with Gasteiger partial charge in [0.2, 0.25) is 0 Å². The van der Waals surface area contributed by atoms with Crippen LogP contribution in [0.3, 0.4) is 0 Å². The van der Waals surface area contributed by atoms with Gasteiger partial charge in [-0.2, -0.15) is 10.4 Å². The van der Waals surface area contributed by atoms with Crippen LogP contribution in [-0.2, 0) is 14.3 Å². The van der Waals surface area contributed by atoms with E-state index >= 15 is 0 Å². The number of benzene rings is 2. The predicted molar refractivity (Wildman–Crippen MR) is 155 cm³/mol. The molecule has 2 aromatic rings. The summed E-state index contributed by atoms with van der Waals surface area (Å²) in [6.07, 6.45) is 1.44. The van der Waals surface area contributed by atoms with Gasteiger partial charge in [-0.15, -0.1) is 0 Å². The molecule has 0 saturated carbocycles. The first-order chi connectivity index (χ1) is 19.3. The summed E-state index contributed by atoms with van der Waals surface area (Å²) in [5.74, 6) is 0.222. The highest BCUT2D eigenvalue weighted by atomic mass is 79.9. The molecule has 0 bridgehead atoms. The van der Waals surface area contributed by atoms with Gasteiger partial charge in [-0.1, -0.05) is 18.2 Å². The highest BCUT2D eigenvalue weighted by Gasteiger charge is 2.32. The minimum Gasteiger partial charge on any atom is -0.490 e. The van der Waals surface area contributed by atoms with E-state index in [2.05, 4.69) is 37.1 Å². The van der Waals surface area contributed by atoms with Crippen molar-refractivity contribution in [3.8, 4) is 23.3 Å². The number of allylic oxidation sites excluding steroid dienone is 1. The number of rotatable bonds is 12. The number of hydrazone groups is 1. The van der Waals surface area contributed by atoms with Crippen LogP contribution in [0.25, 0.3) is 0 Å². The summed E-state index contributed by atoms with van der Waals surface area (Å²) >= 11 is 8.70. The van der Waals surface area contributed by atoms with Gasteiger partial charge in [0.05, 0.1) is 35.5 Å². The van der Waals surface area contributed by atoms with Crippen LogP contribution in [0.15, 0.2) is 57.2 Å². The Balaban J connectivity index is 1.70. The van der Waals surface area contributed by atoms with Crippen molar-refractivity contribution in [3.63, 3.8) is 0 Å². The van der Waals surface area contributed by atoms with Gasteiger partial charge in [-0.25, -0.2) is 10.2 Å². The van der Waals surface area contributed by atoms with Crippen molar-refractivity contribution in [2.75, 3.05) is 26.4 Å². The van der Waals surface area contributed by atoms with E-state index in [1.807, 2.05) is 13.0 Å². The summed E-state index contributed by atoms with van der Waals surface area (Å²) in [7, 11) is 0. The Morgan fingerprint density at radius 2 is 1.95 bits per heavy atom. The lowest BCUT2D eigenvalue weighted by Crippen LogP contribution is -2.45. The summed E-state index contributed by atoms with van der Waals surface area (Å²) in [5, 5.41) is 19.2. The van der Waals surface area contributed by atoms with Crippen molar-refractivity contribution in [1.82, 2.24) is 16.1 Å². The number of carbonyl (C=O) groups is 2. The van der Waals surface area contributed by atoms with Crippen LogP contribution < -0.4 is 30.3 Å². The molecule has 1 aliphatic rings. The number of esters is 1.